The van der Waals surface area contributed by atoms with Crippen molar-refractivity contribution in [3.05, 3.63) is 69.6 Å². The molecule has 0 atom stereocenters. The van der Waals surface area contributed by atoms with E-state index in [4.69, 9.17) is 13.9 Å². The fraction of sp³-hybridized carbons (Fsp3) is 0.227. The molecule has 1 amide bonds. The van der Waals surface area contributed by atoms with Crippen molar-refractivity contribution in [2.45, 2.75) is 20.8 Å². The van der Waals surface area contributed by atoms with Crippen LogP contribution in [0.25, 0.3) is 11.0 Å². The summed E-state index contributed by atoms with van der Waals surface area (Å²) in [4.78, 5) is 35.3. The van der Waals surface area contributed by atoms with E-state index in [9.17, 15) is 14.4 Å². The van der Waals surface area contributed by atoms with E-state index < -0.39 is 24.1 Å². The highest BCUT2D eigenvalue weighted by Gasteiger charge is 2.11. The third-order valence-corrected chi connectivity index (χ3v) is 4.52. The lowest BCUT2D eigenvalue weighted by molar-refractivity contribution is -0.149. The van der Waals surface area contributed by atoms with Gasteiger partial charge in [-0.1, -0.05) is 12.1 Å². The number of ether oxygens (including phenoxy) is 2. The Balaban J connectivity index is 1.52. The van der Waals surface area contributed by atoms with Gasteiger partial charge in [0, 0.05) is 23.2 Å². The van der Waals surface area contributed by atoms with Crippen molar-refractivity contribution in [2.24, 2.45) is 0 Å². The number of hydrogen-bond acceptors (Lipinski definition) is 6. The summed E-state index contributed by atoms with van der Waals surface area (Å²) in [6, 6.07) is 11.9. The van der Waals surface area contributed by atoms with Gasteiger partial charge in [0.15, 0.2) is 13.2 Å². The van der Waals surface area contributed by atoms with E-state index in [2.05, 4.69) is 5.32 Å². The van der Waals surface area contributed by atoms with Crippen molar-refractivity contribution < 1.29 is 23.5 Å². The third-order valence-electron chi connectivity index (χ3n) is 4.52. The number of fused-ring (bicyclic) bond motifs is 1. The fourth-order valence-corrected chi connectivity index (χ4v) is 2.80. The molecule has 0 aliphatic rings. The van der Waals surface area contributed by atoms with Gasteiger partial charge in [-0.25, -0.2) is 9.59 Å². The summed E-state index contributed by atoms with van der Waals surface area (Å²) in [5.41, 5.74) is 3.38. The molecular weight excluding hydrogens is 374 g/mol. The van der Waals surface area contributed by atoms with Crippen molar-refractivity contribution in [1.82, 2.24) is 0 Å². The fourth-order valence-electron chi connectivity index (χ4n) is 2.80. The van der Waals surface area contributed by atoms with Crippen molar-refractivity contribution in [3.8, 4) is 5.75 Å². The second-order valence-corrected chi connectivity index (χ2v) is 6.65. The Kier molecular flexibility index (Phi) is 5.97. The normalized spacial score (nSPS) is 10.6. The minimum atomic E-state index is -0.688. The van der Waals surface area contributed by atoms with Gasteiger partial charge in [-0.2, -0.15) is 0 Å². The smallest absolute Gasteiger partial charge is 0.344 e. The maximum atomic E-state index is 12.0. The van der Waals surface area contributed by atoms with Crippen LogP contribution in [-0.2, 0) is 14.3 Å². The SMILES string of the molecule is Cc1cccc(NC(=O)COC(=O)COc2ccc3c(C)cc(=O)oc3c2)c1C. The van der Waals surface area contributed by atoms with Gasteiger partial charge in [-0.3, -0.25) is 4.79 Å². The van der Waals surface area contributed by atoms with Crippen molar-refractivity contribution in [3.63, 3.8) is 0 Å². The minimum Gasteiger partial charge on any atom is -0.482 e. The van der Waals surface area contributed by atoms with Crippen LogP contribution in [0.15, 0.2) is 51.7 Å². The molecule has 7 nitrogen and oxygen atoms in total. The highest BCUT2D eigenvalue weighted by molar-refractivity contribution is 5.93. The number of carbonyl (C=O) groups is 2. The van der Waals surface area contributed by atoms with Crippen LogP contribution < -0.4 is 15.7 Å². The average Bonchev–Trinajstić information content (AvgIpc) is 2.68. The first kappa shape index (κ1) is 20.1. The maximum Gasteiger partial charge on any atom is 0.344 e. The van der Waals surface area contributed by atoms with Crippen LogP contribution >= 0.6 is 0 Å². The molecule has 1 aromatic heterocycles. The average molecular weight is 395 g/mol. The number of nitrogens with one attached hydrogen (secondary N) is 1. The molecule has 0 bridgehead atoms. The van der Waals surface area contributed by atoms with E-state index in [1.165, 1.54) is 12.1 Å². The van der Waals surface area contributed by atoms with Crippen LogP contribution in [-0.4, -0.2) is 25.1 Å². The summed E-state index contributed by atoms with van der Waals surface area (Å²) in [5.74, 6) is -0.773. The minimum absolute atomic E-state index is 0.350. The number of benzene rings is 2. The second-order valence-electron chi connectivity index (χ2n) is 6.65. The highest BCUT2D eigenvalue weighted by Crippen LogP contribution is 2.22. The Morgan fingerprint density at radius 2 is 1.79 bits per heavy atom. The zero-order valence-corrected chi connectivity index (χ0v) is 16.4. The molecule has 0 aliphatic heterocycles. The van der Waals surface area contributed by atoms with Crippen molar-refractivity contribution >= 4 is 28.5 Å². The largest absolute Gasteiger partial charge is 0.482 e. The number of carbonyl (C=O) groups excluding carboxylic acids is 2. The van der Waals surface area contributed by atoms with Crippen molar-refractivity contribution in [2.75, 3.05) is 18.5 Å². The molecule has 0 radical (unpaired) electrons. The summed E-state index contributed by atoms with van der Waals surface area (Å²) in [5, 5.41) is 3.49. The number of amides is 1. The molecule has 7 heteroatoms. The van der Waals surface area contributed by atoms with Gasteiger partial charge in [0.2, 0.25) is 0 Å². The molecule has 0 saturated carbocycles. The predicted molar refractivity (Wildman–Crippen MR) is 108 cm³/mol. The van der Waals surface area contributed by atoms with Crippen LogP contribution in [0.4, 0.5) is 5.69 Å². The summed E-state index contributed by atoms with van der Waals surface area (Å²) in [6.07, 6.45) is 0. The first-order chi connectivity index (χ1) is 13.8. The number of rotatable bonds is 6. The zero-order valence-electron chi connectivity index (χ0n) is 16.4. The van der Waals surface area contributed by atoms with E-state index in [0.717, 1.165) is 22.1 Å². The predicted octanol–water partition coefficient (Wildman–Crippen LogP) is 3.28. The summed E-state index contributed by atoms with van der Waals surface area (Å²) in [6.45, 7) is 4.86. The molecular formula is C22H21NO6. The molecule has 0 fully saturated rings. The van der Waals surface area contributed by atoms with Crippen molar-refractivity contribution in [1.29, 1.82) is 0 Å². The van der Waals surface area contributed by atoms with E-state index in [1.807, 2.05) is 26.0 Å². The van der Waals surface area contributed by atoms with Gasteiger partial charge in [0.25, 0.3) is 5.91 Å². The van der Waals surface area contributed by atoms with Crippen LogP contribution in [0, 0.1) is 20.8 Å². The topological polar surface area (TPSA) is 94.8 Å². The van der Waals surface area contributed by atoms with Gasteiger partial charge in [-0.15, -0.1) is 0 Å². The molecule has 1 heterocycles. The number of aryl methyl sites for hydroxylation is 2. The van der Waals surface area contributed by atoms with Gasteiger partial charge >= 0.3 is 11.6 Å². The lowest BCUT2D eigenvalue weighted by atomic mass is 10.1. The number of esters is 1. The Bertz CT molecular complexity index is 1130. The first-order valence-corrected chi connectivity index (χ1v) is 9.02. The van der Waals surface area contributed by atoms with Gasteiger partial charge in [0.05, 0.1) is 0 Å². The molecule has 3 aromatic rings. The molecule has 0 saturated heterocycles. The van der Waals surface area contributed by atoms with Crippen LogP contribution in [0.2, 0.25) is 0 Å². The molecule has 150 valence electrons. The number of anilines is 1. The van der Waals surface area contributed by atoms with Crippen LogP contribution in [0.5, 0.6) is 5.75 Å². The molecule has 3 rings (SSSR count). The van der Waals surface area contributed by atoms with E-state index in [0.29, 0.717) is 17.0 Å². The second kappa shape index (κ2) is 8.60. The molecule has 0 unspecified atom stereocenters. The maximum absolute atomic E-state index is 12.0. The zero-order chi connectivity index (χ0) is 21.0. The Labute approximate surface area is 167 Å². The Morgan fingerprint density at radius 3 is 2.59 bits per heavy atom. The quantitative estimate of drug-likeness (QED) is 0.508. The monoisotopic (exact) mass is 395 g/mol. The van der Waals surface area contributed by atoms with Crippen LogP contribution in [0.1, 0.15) is 16.7 Å². The van der Waals surface area contributed by atoms with E-state index in [1.54, 1.807) is 25.1 Å². The molecule has 1 N–H and O–H groups in total. The molecule has 0 aliphatic carbocycles. The Morgan fingerprint density at radius 1 is 1.00 bits per heavy atom. The highest BCUT2D eigenvalue weighted by atomic mass is 16.6. The molecule has 0 spiro atoms. The lowest BCUT2D eigenvalue weighted by Gasteiger charge is -2.11. The molecule has 2 aromatic carbocycles. The Hall–Kier alpha value is -3.61. The standard InChI is InChI=1S/C22H21NO6/c1-13-5-4-6-18(15(13)3)23-20(24)11-28-22(26)12-27-16-7-8-17-14(2)9-21(25)29-19(17)10-16/h4-10H,11-12H2,1-3H3,(H,23,24). The van der Waals surface area contributed by atoms with Gasteiger partial charge < -0.3 is 19.2 Å². The van der Waals surface area contributed by atoms with Gasteiger partial charge in [-0.05, 0) is 55.7 Å². The summed E-state index contributed by atoms with van der Waals surface area (Å²) >= 11 is 0. The summed E-state index contributed by atoms with van der Waals surface area (Å²) < 4.78 is 15.5. The van der Waals surface area contributed by atoms with Gasteiger partial charge in [0.1, 0.15) is 11.3 Å². The summed E-state index contributed by atoms with van der Waals surface area (Å²) in [7, 11) is 0. The number of hydrogen-bond donors (Lipinski definition) is 1. The van der Waals surface area contributed by atoms with E-state index in [-0.39, 0.29) is 6.61 Å². The molecule has 29 heavy (non-hydrogen) atoms. The lowest BCUT2D eigenvalue weighted by Crippen LogP contribution is -2.24. The third kappa shape index (κ3) is 5.01. The first-order valence-electron chi connectivity index (χ1n) is 9.02. The van der Waals surface area contributed by atoms with E-state index >= 15 is 0 Å². The van der Waals surface area contributed by atoms with Crippen LogP contribution in [0.3, 0.4) is 0 Å².